The molecule has 0 radical (unpaired) electrons. The fourth-order valence-electron chi connectivity index (χ4n) is 5.38. The lowest BCUT2D eigenvalue weighted by molar-refractivity contribution is -0.160. The third-order valence-electron chi connectivity index (χ3n) is 7.78. The summed E-state index contributed by atoms with van der Waals surface area (Å²) in [4.78, 5) is 49.8. The van der Waals surface area contributed by atoms with Crippen LogP contribution in [0.15, 0.2) is 78.9 Å². The molecule has 0 unspecified atom stereocenters. The predicted octanol–water partition coefficient (Wildman–Crippen LogP) is 4.69. The maximum absolute atomic E-state index is 15.4. The van der Waals surface area contributed by atoms with E-state index < -0.39 is 65.9 Å². The number of rotatable bonds is 12. The van der Waals surface area contributed by atoms with Crippen molar-refractivity contribution >= 4 is 23.8 Å². The summed E-state index contributed by atoms with van der Waals surface area (Å²) in [5.41, 5.74) is 0.340. The van der Waals surface area contributed by atoms with Crippen LogP contribution in [0.4, 0.5) is 4.39 Å². The van der Waals surface area contributed by atoms with Crippen LogP contribution in [0.2, 0.25) is 0 Å². The summed E-state index contributed by atoms with van der Waals surface area (Å²) in [6.45, 7) is 0.878. The van der Waals surface area contributed by atoms with Gasteiger partial charge >= 0.3 is 17.9 Å². The van der Waals surface area contributed by atoms with Crippen molar-refractivity contribution in [3.63, 3.8) is 0 Å². The minimum Gasteiger partial charge on any atom is -0.480 e. The summed E-state index contributed by atoms with van der Waals surface area (Å²) < 4.78 is 15.4. The normalized spacial score (nSPS) is 16.9. The molecule has 0 heterocycles. The highest BCUT2D eigenvalue weighted by Crippen LogP contribution is 2.54. The van der Waals surface area contributed by atoms with Gasteiger partial charge in [-0.15, -0.1) is 0 Å². The fraction of sp³-hybridized carbons (Fsp3) is 0.290. The van der Waals surface area contributed by atoms with E-state index in [-0.39, 0.29) is 0 Å². The topological polar surface area (TPSA) is 132 Å². The van der Waals surface area contributed by atoms with E-state index in [4.69, 9.17) is 0 Å². The van der Waals surface area contributed by atoms with E-state index in [2.05, 4.69) is 0 Å². The molecule has 1 aliphatic rings. The van der Waals surface area contributed by atoms with Crippen LogP contribution >= 0.6 is 0 Å². The van der Waals surface area contributed by atoms with E-state index in [0.29, 0.717) is 29.5 Å². The van der Waals surface area contributed by atoms with E-state index in [0.717, 1.165) is 10.5 Å². The monoisotopic (exact) mass is 547 g/mol. The van der Waals surface area contributed by atoms with Gasteiger partial charge in [-0.25, -0.2) is 4.39 Å². The Morgan fingerprint density at radius 2 is 1.52 bits per heavy atom. The number of hydrogen-bond acceptors (Lipinski definition) is 4. The van der Waals surface area contributed by atoms with Crippen molar-refractivity contribution in [3.8, 4) is 11.1 Å². The van der Waals surface area contributed by atoms with Crippen molar-refractivity contribution in [2.75, 3.05) is 6.54 Å². The number of carbonyl (C=O) groups excluding carboxylic acids is 1. The number of aliphatic carboxylic acids is 3. The Hall–Kier alpha value is -4.53. The summed E-state index contributed by atoms with van der Waals surface area (Å²) in [5.74, 6) is -7.87. The minimum atomic E-state index is -2.28. The molecule has 3 N–H and O–H groups in total. The van der Waals surface area contributed by atoms with Crippen LogP contribution < -0.4 is 0 Å². The number of carboxylic acid groups (broad SMARTS) is 3. The second-order valence-corrected chi connectivity index (χ2v) is 10.2. The molecule has 9 heteroatoms. The van der Waals surface area contributed by atoms with Crippen LogP contribution in [0.5, 0.6) is 0 Å². The van der Waals surface area contributed by atoms with Crippen molar-refractivity contribution in [2.45, 2.75) is 38.1 Å². The van der Waals surface area contributed by atoms with Gasteiger partial charge in [0.05, 0.1) is 5.92 Å². The predicted molar refractivity (Wildman–Crippen MR) is 144 cm³/mol. The lowest BCUT2D eigenvalue weighted by Gasteiger charge is -2.35. The molecule has 8 nitrogen and oxygen atoms in total. The average Bonchev–Trinajstić information content (AvgIpc) is 3.70. The van der Waals surface area contributed by atoms with Crippen molar-refractivity contribution in [1.82, 2.24) is 4.90 Å². The molecular weight excluding hydrogens is 517 g/mol. The zero-order valence-electron chi connectivity index (χ0n) is 21.9. The second kappa shape index (κ2) is 11.7. The molecule has 0 spiro atoms. The molecule has 1 fully saturated rings. The second-order valence-electron chi connectivity index (χ2n) is 10.2. The van der Waals surface area contributed by atoms with Gasteiger partial charge in [-0.1, -0.05) is 72.8 Å². The van der Waals surface area contributed by atoms with Gasteiger partial charge < -0.3 is 20.2 Å². The molecule has 1 aliphatic carbocycles. The number of hydrogen-bond donors (Lipinski definition) is 3. The number of halogens is 1. The average molecular weight is 548 g/mol. The van der Waals surface area contributed by atoms with Gasteiger partial charge in [-0.05, 0) is 48.9 Å². The quantitative estimate of drug-likeness (QED) is 0.280. The van der Waals surface area contributed by atoms with E-state index in [9.17, 15) is 34.5 Å². The van der Waals surface area contributed by atoms with Gasteiger partial charge in [0, 0.05) is 17.5 Å². The first-order valence-corrected chi connectivity index (χ1v) is 12.9. The van der Waals surface area contributed by atoms with Gasteiger partial charge in [0.25, 0.3) is 0 Å². The molecule has 0 bridgehead atoms. The van der Waals surface area contributed by atoms with Crippen LogP contribution in [-0.2, 0) is 25.6 Å². The number of benzene rings is 3. The van der Waals surface area contributed by atoms with Crippen molar-refractivity contribution in [2.24, 2.45) is 11.3 Å². The molecule has 0 aliphatic heterocycles. The van der Waals surface area contributed by atoms with Crippen LogP contribution in [-0.4, -0.2) is 56.6 Å². The van der Waals surface area contributed by atoms with Crippen LogP contribution in [0.1, 0.15) is 36.8 Å². The lowest BCUT2D eigenvalue weighted by atomic mass is 9.85. The highest BCUT2D eigenvalue weighted by Gasteiger charge is 2.71. The van der Waals surface area contributed by atoms with Crippen LogP contribution in [0.25, 0.3) is 11.1 Å². The van der Waals surface area contributed by atoms with Gasteiger partial charge in [-0.2, -0.15) is 0 Å². The molecule has 3 atom stereocenters. The molecule has 1 saturated carbocycles. The highest BCUT2D eigenvalue weighted by molar-refractivity contribution is 6.08. The first-order valence-electron chi connectivity index (χ1n) is 12.9. The Balaban J connectivity index is 1.70. The molecule has 40 heavy (non-hydrogen) atoms. The third-order valence-corrected chi connectivity index (χ3v) is 7.78. The minimum absolute atomic E-state index is 0.392. The molecule has 1 amide bonds. The molecule has 0 saturated heterocycles. The third kappa shape index (κ3) is 5.73. The van der Waals surface area contributed by atoms with E-state index in [1.165, 1.54) is 6.07 Å². The maximum atomic E-state index is 15.4. The summed E-state index contributed by atoms with van der Waals surface area (Å²) in [5, 5.41) is 28.7. The Bertz CT molecular complexity index is 1400. The van der Waals surface area contributed by atoms with Crippen molar-refractivity contribution in [1.29, 1.82) is 0 Å². The highest BCUT2D eigenvalue weighted by atomic mass is 19.1. The number of carboxylic acids is 3. The Kier molecular flexibility index (Phi) is 8.32. The fourth-order valence-corrected chi connectivity index (χ4v) is 5.38. The van der Waals surface area contributed by atoms with Crippen LogP contribution in [0, 0.1) is 17.2 Å². The van der Waals surface area contributed by atoms with Gasteiger partial charge in [0.2, 0.25) is 5.91 Å². The van der Waals surface area contributed by atoms with E-state index in [1.807, 2.05) is 36.4 Å². The summed E-state index contributed by atoms with van der Waals surface area (Å²) in [6.07, 6.45) is 0.547. The van der Waals surface area contributed by atoms with Crippen molar-refractivity contribution in [3.05, 3.63) is 95.8 Å². The number of aryl methyl sites for hydroxylation is 1. The summed E-state index contributed by atoms with van der Waals surface area (Å²) >= 11 is 0. The molecule has 0 aromatic heterocycles. The SMILES string of the molecule is C[C@H]([C@H](CCc1ccccc1)c1ccc(-c2ccccc2)c(F)c1)N(CC(=O)O)C(=O)[C@H]1CC1(C(=O)O)C(=O)O. The summed E-state index contributed by atoms with van der Waals surface area (Å²) in [7, 11) is 0. The maximum Gasteiger partial charge on any atom is 0.323 e. The summed E-state index contributed by atoms with van der Waals surface area (Å²) in [6, 6.07) is 22.5. The zero-order chi connectivity index (χ0) is 29.0. The smallest absolute Gasteiger partial charge is 0.323 e. The van der Waals surface area contributed by atoms with E-state index in [1.54, 1.807) is 43.3 Å². The molecular formula is C31H30FNO7. The number of carbonyl (C=O) groups is 4. The molecule has 4 rings (SSSR count). The zero-order valence-corrected chi connectivity index (χ0v) is 21.9. The Morgan fingerprint density at radius 1 is 0.925 bits per heavy atom. The van der Waals surface area contributed by atoms with Crippen molar-refractivity contribution < 1.29 is 38.9 Å². The first kappa shape index (κ1) is 28.5. The largest absolute Gasteiger partial charge is 0.480 e. The van der Waals surface area contributed by atoms with Gasteiger partial charge in [0.15, 0.2) is 5.41 Å². The Morgan fingerprint density at radius 3 is 2.05 bits per heavy atom. The van der Waals surface area contributed by atoms with Crippen LogP contribution in [0.3, 0.4) is 0 Å². The molecule has 208 valence electrons. The molecule has 3 aromatic rings. The van der Waals surface area contributed by atoms with E-state index >= 15 is 4.39 Å². The number of amides is 1. The Labute approximate surface area is 230 Å². The van der Waals surface area contributed by atoms with Gasteiger partial charge in [-0.3, -0.25) is 19.2 Å². The van der Waals surface area contributed by atoms with Gasteiger partial charge in [0.1, 0.15) is 12.4 Å². The molecule has 3 aromatic carbocycles. The first-order chi connectivity index (χ1) is 19.1. The lowest BCUT2D eigenvalue weighted by Crippen LogP contribution is -2.47. The number of nitrogens with zero attached hydrogens (tertiary/aromatic N) is 1. The standard InChI is InChI=1S/C31H30FNO7/c1-19(33(18-27(34)35)28(36)25-17-31(25,29(37)38)30(39)40)23(14-12-20-8-4-2-5-9-20)22-13-15-24(26(32)16-22)21-10-6-3-7-11-21/h2-11,13,15-16,19,23,25H,12,14,17-18H2,1H3,(H,34,35)(H,37,38)(H,39,40)/t19-,23+,25-/m1/s1.